The maximum Gasteiger partial charge on any atom is 0.0931 e. The fraction of sp³-hybridized carbons (Fsp3) is 0.444. The van der Waals surface area contributed by atoms with Crippen molar-refractivity contribution in [3.05, 3.63) is 29.1 Å². The highest BCUT2D eigenvalue weighted by Crippen LogP contribution is 2.12. The Kier molecular flexibility index (Phi) is 2.25. The lowest BCUT2D eigenvalue weighted by molar-refractivity contribution is 0.194. The van der Waals surface area contributed by atoms with Crippen LogP contribution in [0.3, 0.4) is 0 Å². The topological polar surface area (TPSA) is 33.1 Å². The van der Waals surface area contributed by atoms with Gasteiger partial charge in [-0.15, -0.1) is 0 Å². The normalized spacial score (nSPS) is 13.1. The van der Waals surface area contributed by atoms with Gasteiger partial charge in [-0.2, -0.15) is 0 Å². The number of pyridine rings is 1. The Balaban J connectivity index is 3.05. The molecule has 11 heavy (non-hydrogen) atoms. The Labute approximate surface area is 66.9 Å². The molecule has 0 aliphatic heterocycles. The highest BCUT2D eigenvalue weighted by Gasteiger charge is 2.02. The lowest BCUT2D eigenvalue weighted by atomic mass is 10.1. The van der Waals surface area contributed by atoms with Crippen LogP contribution >= 0.6 is 0 Å². The lowest BCUT2D eigenvalue weighted by Crippen LogP contribution is -1.96. The van der Waals surface area contributed by atoms with Gasteiger partial charge in [-0.25, -0.2) is 0 Å². The number of aryl methyl sites for hydroxylation is 2. The number of aliphatic hydroxyl groups excluding tert-OH is 1. The molecular weight excluding hydrogens is 138 g/mol. The van der Waals surface area contributed by atoms with Crippen molar-refractivity contribution >= 4 is 0 Å². The average Bonchev–Trinajstić information content (AvgIpc) is 1.94. The van der Waals surface area contributed by atoms with Gasteiger partial charge in [0.25, 0.3) is 0 Å². The molecule has 2 heteroatoms. The van der Waals surface area contributed by atoms with E-state index < -0.39 is 6.10 Å². The van der Waals surface area contributed by atoms with Gasteiger partial charge in [0.05, 0.1) is 11.8 Å². The van der Waals surface area contributed by atoms with Crippen molar-refractivity contribution in [1.29, 1.82) is 0 Å². The van der Waals surface area contributed by atoms with Crippen molar-refractivity contribution < 1.29 is 5.11 Å². The molecule has 1 aromatic heterocycles. The van der Waals surface area contributed by atoms with Crippen molar-refractivity contribution in [3.8, 4) is 0 Å². The van der Waals surface area contributed by atoms with Crippen LogP contribution in [0.15, 0.2) is 12.3 Å². The van der Waals surface area contributed by atoms with Gasteiger partial charge in [0.2, 0.25) is 0 Å². The molecule has 60 valence electrons. The Hall–Kier alpha value is -0.890. The van der Waals surface area contributed by atoms with Crippen molar-refractivity contribution in [2.24, 2.45) is 0 Å². The van der Waals surface area contributed by atoms with E-state index >= 15 is 0 Å². The molecule has 0 fully saturated rings. The van der Waals surface area contributed by atoms with Crippen molar-refractivity contribution in [1.82, 2.24) is 4.98 Å². The van der Waals surface area contributed by atoms with E-state index in [1.165, 1.54) is 5.56 Å². The van der Waals surface area contributed by atoms with Crippen LogP contribution in [-0.4, -0.2) is 10.1 Å². The minimum absolute atomic E-state index is 0.464. The van der Waals surface area contributed by atoms with Crippen molar-refractivity contribution in [3.63, 3.8) is 0 Å². The average molecular weight is 151 g/mol. The summed E-state index contributed by atoms with van der Waals surface area (Å²) in [6, 6.07) is 1.92. The predicted molar refractivity (Wildman–Crippen MR) is 44.3 cm³/mol. The van der Waals surface area contributed by atoms with E-state index in [1.807, 2.05) is 19.9 Å². The van der Waals surface area contributed by atoms with Gasteiger partial charge in [-0.3, -0.25) is 4.98 Å². The van der Waals surface area contributed by atoms with E-state index in [2.05, 4.69) is 4.98 Å². The van der Waals surface area contributed by atoms with Crippen molar-refractivity contribution in [2.75, 3.05) is 0 Å². The molecule has 0 radical (unpaired) electrons. The van der Waals surface area contributed by atoms with Gasteiger partial charge in [0.15, 0.2) is 0 Å². The molecule has 0 aliphatic rings. The van der Waals surface area contributed by atoms with Crippen LogP contribution in [0.25, 0.3) is 0 Å². The fourth-order valence-electron chi connectivity index (χ4n) is 0.875. The molecular formula is C9H13NO. The molecule has 1 aromatic rings. The fourth-order valence-corrected chi connectivity index (χ4v) is 0.875. The Morgan fingerprint density at radius 1 is 1.36 bits per heavy atom. The highest BCUT2D eigenvalue weighted by atomic mass is 16.3. The van der Waals surface area contributed by atoms with Gasteiger partial charge < -0.3 is 5.11 Å². The Bertz CT molecular complexity index is 256. The molecule has 0 saturated carbocycles. The van der Waals surface area contributed by atoms with Crippen LogP contribution in [0.2, 0.25) is 0 Å². The monoisotopic (exact) mass is 151 g/mol. The van der Waals surface area contributed by atoms with Crippen LogP contribution in [0, 0.1) is 13.8 Å². The predicted octanol–water partition coefficient (Wildman–Crippen LogP) is 1.75. The first kappa shape index (κ1) is 8.21. The zero-order valence-electron chi connectivity index (χ0n) is 7.13. The summed E-state index contributed by atoms with van der Waals surface area (Å²) in [6.45, 7) is 5.74. The number of aliphatic hydroxyl groups is 1. The number of hydrogen-bond acceptors (Lipinski definition) is 2. The SMILES string of the molecule is Cc1cnc(C(C)O)cc1C. The smallest absolute Gasteiger partial charge is 0.0931 e. The first-order valence-electron chi connectivity index (χ1n) is 3.72. The summed E-state index contributed by atoms with van der Waals surface area (Å²) in [4.78, 5) is 4.09. The molecule has 0 aromatic carbocycles. The van der Waals surface area contributed by atoms with Gasteiger partial charge in [0.1, 0.15) is 0 Å². The second kappa shape index (κ2) is 3.01. The summed E-state index contributed by atoms with van der Waals surface area (Å²) in [5.41, 5.74) is 3.08. The third kappa shape index (κ3) is 1.77. The molecule has 0 saturated heterocycles. The molecule has 1 rings (SSSR count). The number of rotatable bonds is 1. The van der Waals surface area contributed by atoms with Gasteiger partial charge in [-0.1, -0.05) is 0 Å². The number of aromatic nitrogens is 1. The first-order valence-corrected chi connectivity index (χ1v) is 3.72. The van der Waals surface area contributed by atoms with Gasteiger partial charge in [-0.05, 0) is 38.0 Å². The molecule has 0 aliphatic carbocycles. The van der Waals surface area contributed by atoms with E-state index in [9.17, 15) is 5.11 Å². The van der Waals surface area contributed by atoms with E-state index in [4.69, 9.17) is 0 Å². The second-order valence-electron chi connectivity index (χ2n) is 2.87. The third-order valence-corrected chi connectivity index (χ3v) is 1.82. The Morgan fingerprint density at radius 2 is 2.00 bits per heavy atom. The summed E-state index contributed by atoms with van der Waals surface area (Å²) in [7, 11) is 0. The number of hydrogen-bond donors (Lipinski definition) is 1. The second-order valence-corrected chi connectivity index (χ2v) is 2.87. The van der Waals surface area contributed by atoms with Crippen LogP contribution in [0.4, 0.5) is 0 Å². The van der Waals surface area contributed by atoms with E-state index in [0.717, 1.165) is 11.3 Å². The van der Waals surface area contributed by atoms with Crippen LogP contribution in [0.1, 0.15) is 29.8 Å². The summed E-state index contributed by atoms with van der Waals surface area (Å²) < 4.78 is 0. The Morgan fingerprint density at radius 3 is 2.45 bits per heavy atom. The summed E-state index contributed by atoms with van der Waals surface area (Å²) in [6.07, 6.45) is 1.33. The van der Waals surface area contributed by atoms with Crippen LogP contribution in [-0.2, 0) is 0 Å². The minimum atomic E-state index is -0.464. The maximum absolute atomic E-state index is 9.18. The standard InChI is InChI=1S/C9H13NO/c1-6-4-9(8(3)11)10-5-7(6)2/h4-5,8,11H,1-3H3. The van der Waals surface area contributed by atoms with Gasteiger partial charge in [0, 0.05) is 6.20 Å². The quantitative estimate of drug-likeness (QED) is 0.663. The molecule has 1 N–H and O–H groups in total. The van der Waals surface area contributed by atoms with Crippen LogP contribution in [0.5, 0.6) is 0 Å². The summed E-state index contributed by atoms with van der Waals surface area (Å²) in [5, 5.41) is 9.18. The zero-order chi connectivity index (χ0) is 8.43. The molecule has 0 spiro atoms. The molecule has 1 unspecified atom stereocenters. The van der Waals surface area contributed by atoms with Crippen LogP contribution < -0.4 is 0 Å². The zero-order valence-corrected chi connectivity index (χ0v) is 7.13. The van der Waals surface area contributed by atoms with E-state index in [0.29, 0.717) is 0 Å². The van der Waals surface area contributed by atoms with Gasteiger partial charge >= 0.3 is 0 Å². The summed E-state index contributed by atoms with van der Waals surface area (Å²) >= 11 is 0. The number of nitrogens with zero attached hydrogens (tertiary/aromatic N) is 1. The lowest BCUT2D eigenvalue weighted by Gasteiger charge is -2.05. The summed E-state index contributed by atoms with van der Waals surface area (Å²) in [5.74, 6) is 0. The van der Waals surface area contributed by atoms with Crippen molar-refractivity contribution in [2.45, 2.75) is 26.9 Å². The highest BCUT2D eigenvalue weighted by molar-refractivity contribution is 5.24. The molecule has 0 amide bonds. The molecule has 0 bridgehead atoms. The first-order chi connectivity index (χ1) is 5.11. The largest absolute Gasteiger partial charge is 0.387 e. The molecule has 1 heterocycles. The third-order valence-electron chi connectivity index (χ3n) is 1.82. The molecule has 1 atom stereocenters. The minimum Gasteiger partial charge on any atom is -0.387 e. The van der Waals surface area contributed by atoms with E-state index in [-0.39, 0.29) is 0 Å². The maximum atomic E-state index is 9.18. The molecule has 2 nitrogen and oxygen atoms in total. The van der Waals surface area contributed by atoms with E-state index in [1.54, 1.807) is 13.1 Å².